The first-order valence-electron chi connectivity index (χ1n) is 4.41. The summed E-state index contributed by atoms with van der Waals surface area (Å²) in [5, 5.41) is 12.8. The smallest absolute Gasteiger partial charge is 0.0730 e. The Balaban J connectivity index is 2.12. The minimum Gasteiger partial charge on any atom is -0.396 e. The minimum atomic E-state index is 0.217. The second kappa shape index (κ2) is 2.77. The summed E-state index contributed by atoms with van der Waals surface area (Å²) in [5.74, 6) is 0.217. The predicted octanol–water partition coefficient (Wildman–Crippen LogP) is 1.25. The Morgan fingerprint density at radius 3 is 2.85 bits per heavy atom. The number of nitrogens with zero attached hydrogens (tertiary/aromatic N) is 3. The van der Waals surface area contributed by atoms with E-state index in [4.69, 9.17) is 11.0 Å². The van der Waals surface area contributed by atoms with Crippen LogP contribution in [0.4, 0.5) is 5.69 Å². The molecule has 1 aromatic rings. The van der Waals surface area contributed by atoms with Crippen molar-refractivity contribution in [3.05, 3.63) is 11.9 Å². The topological polar surface area (TPSA) is 67.6 Å². The zero-order valence-electron chi connectivity index (χ0n) is 7.57. The number of nitriles is 1. The fraction of sp³-hybridized carbons (Fsp3) is 0.556. The van der Waals surface area contributed by atoms with Crippen LogP contribution in [0.2, 0.25) is 0 Å². The van der Waals surface area contributed by atoms with E-state index in [-0.39, 0.29) is 5.92 Å². The normalized spacial score (nSPS) is 26.5. The molecule has 0 radical (unpaired) electrons. The summed E-state index contributed by atoms with van der Waals surface area (Å²) in [6.07, 6.45) is 3.51. The highest BCUT2D eigenvalue weighted by Crippen LogP contribution is 2.37. The van der Waals surface area contributed by atoms with E-state index in [0.29, 0.717) is 6.04 Å². The number of anilines is 1. The largest absolute Gasteiger partial charge is 0.396 e. The van der Waals surface area contributed by atoms with Gasteiger partial charge in [-0.05, 0) is 19.8 Å². The molecule has 0 unspecified atom stereocenters. The van der Waals surface area contributed by atoms with Crippen LogP contribution in [0.25, 0.3) is 0 Å². The Morgan fingerprint density at radius 1 is 1.69 bits per heavy atom. The van der Waals surface area contributed by atoms with Crippen LogP contribution in [0.5, 0.6) is 0 Å². The van der Waals surface area contributed by atoms with E-state index in [1.165, 1.54) is 0 Å². The number of nitrogen functional groups attached to an aromatic ring is 1. The van der Waals surface area contributed by atoms with Crippen LogP contribution < -0.4 is 5.73 Å². The van der Waals surface area contributed by atoms with Gasteiger partial charge >= 0.3 is 0 Å². The van der Waals surface area contributed by atoms with Crippen molar-refractivity contribution in [2.75, 3.05) is 5.73 Å². The summed E-state index contributed by atoms with van der Waals surface area (Å²) in [5.41, 5.74) is 7.43. The van der Waals surface area contributed by atoms with E-state index in [1.807, 2.05) is 11.6 Å². The molecule has 4 heteroatoms. The standard InChI is InChI=1S/C9H12N4/c1-6-9(11)5-12-13(6)8-2-7(3-8)4-10/h5,7-8H,2-3,11H2,1H3. The lowest BCUT2D eigenvalue weighted by molar-refractivity contribution is 0.227. The maximum absolute atomic E-state index is 8.62. The van der Waals surface area contributed by atoms with Gasteiger partial charge in [0.2, 0.25) is 0 Å². The van der Waals surface area contributed by atoms with E-state index in [9.17, 15) is 0 Å². The highest BCUT2D eigenvalue weighted by Gasteiger charge is 2.31. The number of rotatable bonds is 1. The molecule has 1 heterocycles. The molecule has 0 bridgehead atoms. The Bertz CT molecular complexity index is 354. The van der Waals surface area contributed by atoms with Crippen LogP contribution in [0.15, 0.2) is 6.20 Å². The first-order valence-corrected chi connectivity index (χ1v) is 4.41. The summed E-state index contributed by atoms with van der Waals surface area (Å²) in [4.78, 5) is 0. The fourth-order valence-corrected chi connectivity index (χ4v) is 1.70. The van der Waals surface area contributed by atoms with Crippen LogP contribution in [0.1, 0.15) is 24.6 Å². The van der Waals surface area contributed by atoms with Crippen molar-refractivity contribution in [1.82, 2.24) is 9.78 Å². The molecule has 68 valence electrons. The van der Waals surface area contributed by atoms with Gasteiger partial charge in [-0.25, -0.2) is 0 Å². The van der Waals surface area contributed by atoms with Crippen LogP contribution in [0, 0.1) is 24.2 Å². The quantitative estimate of drug-likeness (QED) is 0.700. The predicted molar refractivity (Wildman–Crippen MR) is 48.8 cm³/mol. The molecule has 1 aliphatic carbocycles. The monoisotopic (exact) mass is 176 g/mol. The molecule has 2 N–H and O–H groups in total. The highest BCUT2D eigenvalue weighted by molar-refractivity contribution is 5.40. The SMILES string of the molecule is Cc1c(N)cnn1C1CC(C#N)C1. The van der Waals surface area contributed by atoms with E-state index >= 15 is 0 Å². The third-order valence-corrected chi connectivity index (χ3v) is 2.72. The molecule has 0 aliphatic heterocycles. The average molecular weight is 176 g/mol. The summed E-state index contributed by atoms with van der Waals surface area (Å²) >= 11 is 0. The lowest BCUT2D eigenvalue weighted by atomic mass is 9.81. The van der Waals surface area contributed by atoms with Crippen LogP contribution in [-0.2, 0) is 0 Å². The Morgan fingerprint density at radius 2 is 2.38 bits per heavy atom. The first kappa shape index (κ1) is 8.11. The zero-order valence-corrected chi connectivity index (χ0v) is 7.57. The number of nitrogens with two attached hydrogens (primary N) is 1. The Kier molecular flexibility index (Phi) is 1.73. The molecule has 0 amide bonds. The molecular weight excluding hydrogens is 164 g/mol. The van der Waals surface area contributed by atoms with Crippen LogP contribution in [0.3, 0.4) is 0 Å². The molecule has 4 nitrogen and oxygen atoms in total. The molecular formula is C9H12N4. The van der Waals surface area contributed by atoms with Gasteiger partial charge in [0.15, 0.2) is 0 Å². The van der Waals surface area contributed by atoms with Crippen molar-refractivity contribution in [3.63, 3.8) is 0 Å². The van der Waals surface area contributed by atoms with Crippen molar-refractivity contribution in [1.29, 1.82) is 5.26 Å². The third-order valence-electron chi connectivity index (χ3n) is 2.72. The molecule has 1 fully saturated rings. The van der Waals surface area contributed by atoms with Gasteiger partial charge in [-0.3, -0.25) is 4.68 Å². The average Bonchev–Trinajstić information content (AvgIpc) is 2.34. The van der Waals surface area contributed by atoms with E-state index in [0.717, 1.165) is 24.2 Å². The van der Waals surface area contributed by atoms with Crippen LogP contribution in [-0.4, -0.2) is 9.78 Å². The number of aromatic nitrogens is 2. The van der Waals surface area contributed by atoms with Gasteiger partial charge in [0.1, 0.15) is 0 Å². The van der Waals surface area contributed by atoms with Crippen molar-refractivity contribution >= 4 is 5.69 Å². The van der Waals surface area contributed by atoms with Gasteiger partial charge < -0.3 is 5.73 Å². The lowest BCUT2D eigenvalue weighted by Gasteiger charge is -2.31. The molecule has 0 atom stereocenters. The number of hydrogen-bond acceptors (Lipinski definition) is 3. The summed E-state index contributed by atoms with van der Waals surface area (Å²) < 4.78 is 1.93. The summed E-state index contributed by atoms with van der Waals surface area (Å²) in [7, 11) is 0. The van der Waals surface area contributed by atoms with E-state index in [1.54, 1.807) is 6.20 Å². The lowest BCUT2D eigenvalue weighted by Crippen LogP contribution is -2.27. The second-order valence-corrected chi connectivity index (χ2v) is 3.58. The van der Waals surface area contributed by atoms with Gasteiger partial charge in [0.25, 0.3) is 0 Å². The van der Waals surface area contributed by atoms with Crippen molar-refractivity contribution < 1.29 is 0 Å². The minimum absolute atomic E-state index is 0.217. The van der Waals surface area contributed by atoms with Crippen molar-refractivity contribution in [3.8, 4) is 6.07 Å². The molecule has 0 aromatic carbocycles. The molecule has 1 aliphatic rings. The van der Waals surface area contributed by atoms with Gasteiger partial charge in [-0.15, -0.1) is 0 Å². The van der Waals surface area contributed by atoms with E-state index in [2.05, 4.69) is 11.2 Å². The maximum Gasteiger partial charge on any atom is 0.0730 e. The van der Waals surface area contributed by atoms with Gasteiger partial charge in [-0.1, -0.05) is 0 Å². The van der Waals surface area contributed by atoms with Gasteiger partial charge in [-0.2, -0.15) is 10.4 Å². The fourth-order valence-electron chi connectivity index (χ4n) is 1.70. The molecule has 1 saturated carbocycles. The van der Waals surface area contributed by atoms with E-state index < -0.39 is 0 Å². The zero-order chi connectivity index (χ0) is 9.42. The molecule has 0 spiro atoms. The molecule has 0 saturated heterocycles. The Labute approximate surface area is 77.0 Å². The summed E-state index contributed by atoms with van der Waals surface area (Å²) in [6, 6.07) is 2.65. The van der Waals surface area contributed by atoms with Crippen LogP contribution >= 0.6 is 0 Å². The maximum atomic E-state index is 8.62. The first-order chi connectivity index (χ1) is 6.22. The summed E-state index contributed by atoms with van der Waals surface area (Å²) in [6.45, 7) is 1.96. The molecule has 2 rings (SSSR count). The third kappa shape index (κ3) is 1.17. The molecule has 13 heavy (non-hydrogen) atoms. The molecule has 1 aromatic heterocycles. The van der Waals surface area contributed by atoms with Crippen molar-refractivity contribution in [2.24, 2.45) is 5.92 Å². The Hall–Kier alpha value is -1.50. The van der Waals surface area contributed by atoms with Gasteiger partial charge in [0, 0.05) is 0 Å². The van der Waals surface area contributed by atoms with Gasteiger partial charge in [0.05, 0.1) is 35.6 Å². The highest BCUT2D eigenvalue weighted by atomic mass is 15.3. The second-order valence-electron chi connectivity index (χ2n) is 3.58. The van der Waals surface area contributed by atoms with Crippen molar-refractivity contribution in [2.45, 2.75) is 25.8 Å². The number of hydrogen-bond donors (Lipinski definition) is 1.